The van der Waals surface area contributed by atoms with Crippen molar-refractivity contribution in [3.05, 3.63) is 11.6 Å². The van der Waals surface area contributed by atoms with Crippen LogP contribution in [0.3, 0.4) is 0 Å². The average molecular weight is 501 g/mol. The van der Waals surface area contributed by atoms with Crippen molar-refractivity contribution < 1.29 is 9.90 Å². The van der Waals surface area contributed by atoms with E-state index in [1.807, 2.05) is 0 Å². The van der Waals surface area contributed by atoms with Gasteiger partial charge in [0.15, 0.2) is 0 Å². The Bertz CT molecular complexity index is 778. The minimum Gasteiger partial charge on any atom is -0.395 e. The third-order valence-electron chi connectivity index (χ3n) is 11.6. The third kappa shape index (κ3) is 5.60. The summed E-state index contributed by atoms with van der Waals surface area (Å²) < 4.78 is 0. The molecule has 3 N–H and O–H groups in total. The van der Waals surface area contributed by atoms with Gasteiger partial charge >= 0.3 is 0 Å². The molecule has 1 unspecified atom stereocenters. The molecule has 3 saturated carbocycles. The van der Waals surface area contributed by atoms with Crippen LogP contribution in [-0.4, -0.2) is 37.3 Å². The molecule has 0 saturated heterocycles. The van der Waals surface area contributed by atoms with Crippen molar-refractivity contribution >= 4 is 5.91 Å². The number of hydrogen-bond acceptors (Lipinski definition) is 3. The van der Waals surface area contributed by atoms with Crippen molar-refractivity contribution in [2.75, 3.05) is 26.2 Å². The normalized spacial score (nSPS) is 38.6. The molecule has 1 amide bonds. The number of aliphatic hydroxyl groups excluding tert-OH is 1. The van der Waals surface area contributed by atoms with E-state index in [1.165, 1.54) is 57.8 Å². The summed E-state index contributed by atoms with van der Waals surface area (Å²) >= 11 is 0. The lowest BCUT2D eigenvalue weighted by Crippen LogP contribution is -2.51. The predicted octanol–water partition coefficient (Wildman–Crippen LogP) is 6.34. The first-order valence-electron chi connectivity index (χ1n) is 15.5. The Morgan fingerprint density at radius 3 is 2.58 bits per heavy atom. The van der Waals surface area contributed by atoms with E-state index < -0.39 is 0 Å². The highest BCUT2D eigenvalue weighted by molar-refractivity contribution is 5.79. The number of fused-ring (bicyclic) bond motifs is 5. The van der Waals surface area contributed by atoms with Gasteiger partial charge in [-0.3, -0.25) is 4.79 Å². The molecule has 4 rings (SSSR count). The Balaban J connectivity index is 1.37. The lowest BCUT2D eigenvalue weighted by atomic mass is 9.46. The lowest BCUT2D eigenvalue weighted by Gasteiger charge is -2.58. The number of nitrogens with one attached hydrogen (secondary N) is 2. The van der Waals surface area contributed by atoms with Crippen molar-refractivity contribution in [1.29, 1.82) is 0 Å². The maximum absolute atomic E-state index is 12.9. The Hall–Kier alpha value is -0.870. The fourth-order valence-electron chi connectivity index (χ4n) is 9.53. The first kappa shape index (κ1) is 28.1. The highest BCUT2D eigenvalue weighted by atomic mass is 16.3. The topological polar surface area (TPSA) is 61.4 Å². The minimum absolute atomic E-state index is 0.134. The first-order valence-corrected chi connectivity index (χ1v) is 15.5. The van der Waals surface area contributed by atoms with Gasteiger partial charge in [0.05, 0.1) is 6.61 Å². The number of hydrogen-bond donors (Lipinski definition) is 3. The van der Waals surface area contributed by atoms with Crippen LogP contribution in [-0.2, 0) is 4.79 Å². The summed E-state index contributed by atoms with van der Waals surface area (Å²) in [5, 5.41) is 15.2. The van der Waals surface area contributed by atoms with Gasteiger partial charge in [0, 0.05) is 25.6 Å². The summed E-state index contributed by atoms with van der Waals surface area (Å²) in [5.74, 6) is 5.55. The Morgan fingerprint density at radius 2 is 1.83 bits per heavy atom. The van der Waals surface area contributed by atoms with Crippen LogP contribution in [0.4, 0.5) is 0 Å². The minimum atomic E-state index is 0.134. The molecule has 0 bridgehead atoms. The van der Waals surface area contributed by atoms with Crippen LogP contribution < -0.4 is 10.6 Å². The molecule has 0 aliphatic heterocycles. The summed E-state index contributed by atoms with van der Waals surface area (Å²) in [4.78, 5) is 12.9. The molecule has 0 aromatic rings. The van der Waals surface area contributed by atoms with Crippen LogP contribution in [0.5, 0.6) is 0 Å². The Morgan fingerprint density at radius 1 is 1.03 bits per heavy atom. The van der Waals surface area contributed by atoms with Crippen molar-refractivity contribution in [1.82, 2.24) is 10.6 Å². The second-order valence-corrected chi connectivity index (χ2v) is 14.0. The van der Waals surface area contributed by atoms with Crippen LogP contribution in [0.2, 0.25) is 0 Å². The van der Waals surface area contributed by atoms with Gasteiger partial charge in [-0.15, -0.1) is 0 Å². The molecule has 4 aliphatic rings. The van der Waals surface area contributed by atoms with Gasteiger partial charge in [0.1, 0.15) is 0 Å². The average Bonchev–Trinajstić information content (AvgIpc) is 3.20. The van der Waals surface area contributed by atoms with E-state index in [4.69, 9.17) is 5.11 Å². The summed E-state index contributed by atoms with van der Waals surface area (Å²) in [5.41, 5.74) is 2.46. The van der Waals surface area contributed by atoms with Crippen molar-refractivity contribution in [2.24, 2.45) is 52.3 Å². The van der Waals surface area contributed by atoms with E-state index >= 15 is 0 Å². The second-order valence-electron chi connectivity index (χ2n) is 14.0. The molecule has 206 valence electrons. The predicted molar refractivity (Wildman–Crippen MR) is 150 cm³/mol. The molecular formula is C32H56N2O2. The summed E-state index contributed by atoms with van der Waals surface area (Å²) in [6.07, 6.45) is 17.0. The molecule has 3 fully saturated rings. The fourth-order valence-corrected chi connectivity index (χ4v) is 9.53. The van der Waals surface area contributed by atoms with Crippen LogP contribution in [0.1, 0.15) is 105 Å². The van der Waals surface area contributed by atoms with Crippen molar-refractivity contribution in [3.8, 4) is 0 Å². The number of rotatable bonds is 11. The smallest absolute Gasteiger partial charge is 0.223 e. The monoisotopic (exact) mass is 500 g/mol. The maximum Gasteiger partial charge on any atom is 0.223 e. The van der Waals surface area contributed by atoms with Gasteiger partial charge < -0.3 is 15.7 Å². The number of allylic oxidation sites excluding steroid dienone is 2. The molecule has 36 heavy (non-hydrogen) atoms. The second kappa shape index (κ2) is 11.9. The van der Waals surface area contributed by atoms with Gasteiger partial charge in [0.25, 0.3) is 0 Å². The fraction of sp³-hybridized carbons (Fsp3) is 0.906. The highest BCUT2D eigenvalue weighted by Gasteiger charge is 2.59. The quantitative estimate of drug-likeness (QED) is 0.229. The standard InChI is InChI=1S/C32H56N2O2/c1-22(2)7-6-8-23(3)27-11-12-28-26-10-9-25-21-24(30(36)34-18-17-33-19-20-35)13-15-31(25,4)29(26)14-16-32(27,28)5/h9,22-24,26-29,33,35H,6-8,10-21H2,1-5H3,(H,34,36)/t23-,24?,26+,27-,28+,29+,31+,32-/m1/s1. The zero-order valence-electron chi connectivity index (χ0n) is 24.1. The molecule has 0 heterocycles. The maximum atomic E-state index is 12.9. The zero-order valence-corrected chi connectivity index (χ0v) is 24.1. The van der Waals surface area contributed by atoms with E-state index in [2.05, 4.69) is 51.3 Å². The molecular weight excluding hydrogens is 444 g/mol. The highest BCUT2D eigenvalue weighted by Crippen LogP contribution is 2.67. The Kier molecular flexibility index (Phi) is 9.30. The van der Waals surface area contributed by atoms with E-state index in [9.17, 15) is 4.79 Å². The summed E-state index contributed by atoms with van der Waals surface area (Å²) in [6.45, 7) is 14.6. The van der Waals surface area contributed by atoms with E-state index in [-0.39, 0.29) is 18.4 Å². The number of amides is 1. The molecule has 0 aromatic heterocycles. The van der Waals surface area contributed by atoms with Crippen LogP contribution in [0.25, 0.3) is 0 Å². The van der Waals surface area contributed by atoms with Gasteiger partial charge in [0.2, 0.25) is 5.91 Å². The van der Waals surface area contributed by atoms with Crippen LogP contribution in [0.15, 0.2) is 11.6 Å². The molecule has 4 aliphatic carbocycles. The van der Waals surface area contributed by atoms with Gasteiger partial charge in [-0.2, -0.15) is 0 Å². The Labute approximate surface area is 221 Å². The van der Waals surface area contributed by atoms with Gasteiger partial charge in [-0.05, 0) is 97.7 Å². The van der Waals surface area contributed by atoms with Crippen LogP contribution in [0, 0.1) is 52.3 Å². The molecule has 0 radical (unpaired) electrons. The summed E-state index contributed by atoms with van der Waals surface area (Å²) in [6, 6.07) is 0. The number of aliphatic hydroxyl groups is 1. The largest absolute Gasteiger partial charge is 0.395 e. The van der Waals surface area contributed by atoms with Gasteiger partial charge in [-0.25, -0.2) is 0 Å². The SMILES string of the molecule is CC(C)CCC[C@@H](C)[C@H]1CC[C@H]2[C@@H]3CC=C4CC(C(=O)NCCNCCO)CC[C@]4(C)[C@H]3CC[C@]12C. The van der Waals surface area contributed by atoms with Crippen molar-refractivity contribution in [3.63, 3.8) is 0 Å². The third-order valence-corrected chi connectivity index (χ3v) is 11.6. The van der Waals surface area contributed by atoms with Gasteiger partial charge in [-0.1, -0.05) is 65.5 Å². The molecule has 4 nitrogen and oxygen atoms in total. The first-order chi connectivity index (χ1) is 17.2. The van der Waals surface area contributed by atoms with E-state index in [1.54, 1.807) is 5.57 Å². The summed E-state index contributed by atoms with van der Waals surface area (Å²) in [7, 11) is 0. The molecule has 8 atom stereocenters. The van der Waals surface area contributed by atoms with E-state index in [0.29, 0.717) is 23.9 Å². The number of carbonyl (C=O) groups excluding carboxylic acids is 1. The van der Waals surface area contributed by atoms with Crippen molar-refractivity contribution in [2.45, 2.75) is 105 Å². The lowest BCUT2D eigenvalue weighted by molar-refractivity contribution is -0.126. The van der Waals surface area contributed by atoms with E-state index in [0.717, 1.165) is 54.9 Å². The van der Waals surface area contributed by atoms with Crippen LogP contribution >= 0.6 is 0 Å². The molecule has 4 heteroatoms. The number of carbonyl (C=O) groups is 1. The zero-order chi connectivity index (χ0) is 25.9. The molecule has 0 aromatic carbocycles. The molecule has 0 spiro atoms.